The Balaban J connectivity index is 1.93. The lowest BCUT2D eigenvalue weighted by atomic mass is 9.99. The molecule has 0 fully saturated rings. The fraction of sp³-hybridized carbons (Fsp3) is 0.238. The predicted molar refractivity (Wildman–Crippen MR) is 98.1 cm³/mol. The molecule has 0 amide bonds. The van der Waals surface area contributed by atoms with Crippen LogP contribution in [0, 0.1) is 12.7 Å². The molecular weight excluding hydrogens is 315 g/mol. The first-order valence-corrected chi connectivity index (χ1v) is 8.33. The van der Waals surface area contributed by atoms with Gasteiger partial charge in [-0.05, 0) is 44.5 Å². The smallest absolute Gasteiger partial charge is 0.149 e. The average Bonchev–Trinajstić information content (AvgIpc) is 2.71. The maximum absolute atomic E-state index is 13.9. The normalized spacial score (nSPS) is 15.9. The first kappa shape index (κ1) is 15.8. The second-order valence-corrected chi connectivity index (χ2v) is 7.01. The molecule has 0 N–H and O–H groups in total. The summed E-state index contributed by atoms with van der Waals surface area (Å²) in [4.78, 5) is 9.14. The molecular formula is C21H19FN2O. The largest absolute Gasteiger partial charge is 0.485 e. The minimum absolute atomic E-state index is 0.312. The highest BCUT2D eigenvalue weighted by molar-refractivity contribution is 6.15. The number of hydrogen-bond acceptors (Lipinski definition) is 3. The van der Waals surface area contributed by atoms with Crippen molar-refractivity contribution in [1.82, 2.24) is 4.98 Å². The Morgan fingerprint density at radius 1 is 1.12 bits per heavy atom. The van der Waals surface area contributed by atoms with Crippen molar-refractivity contribution in [3.8, 4) is 5.75 Å². The van der Waals surface area contributed by atoms with Crippen molar-refractivity contribution in [3.63, 3.8) is 0 Å². The lowest BCUT2D eigenvalue weighted by Gasteiger charge is -2.24. The zero-order valence-corrected chi connectivity index (χ0v) is 14.5. The molecule has 25 heavy (non-hydrogen) atoms. The Kier molecular flexibility index (Phi) is 3.57. The van der Waals surface area contributed by atoms with Crippen molar-refractivity contribution in [2.45, 2.75) is 26.4 Å². The zero-order chi connectivity index (χ0) is 17.6. The van der Waals surface area contributed by atoms with E-state index in [1.165, 1.54) is 6.07 Å². The van der Waals surface area contributed by atoms with Crippen LogP contribution in [0.4, 0.5) is 4.39 Å². The van der Waals surface area contributed by atoms with Gasteiger partial charge >= 0.3 is 0 Å². The van der Waals surface area contributed by atoms with Crippen LogP contribution in [0.15, 0.2) is 53.7 Å². The predicted octanol–water partition coefficient (Wildman–Crippen LogP) is 4.69. The van der Waals surface area contributed by atoms with Crippen LogP contribution in [-0.4, -0.2) is 22.8 Å². The molecule has 3 aromatic rings. The van der Waals surface area contributed by atoms with Crippen LogP contribution in [-0.2, 0) is 0 Å². The van der Waals surface area contributed by atoms with E-state index in [2.05, 4.69) is 4.98 Å². The van der Waals surface area contributed by atoms with Crippen LogP contribution in [0.2, 0.25) is 0 Å². The SMILES string of the molecule is Cc1cccc2c1OC(C)(C)CN=C2c1cnc2c(F)cccc2c1. The molecule has 126 valence electrons. The maximum atomic E-state index is 13.9. The molecule has 3 nitrogen and oxygen atoms in total. The molecule has 2 aromatic carbocycles. The van der Waals surface area contributed by atoms with Crippen molar-refractivity contribution in [1.29, 1.82) is 0 Å². The van der Waals surface area contributed by atoms with Crippen LogP contribution >= 0.6 is 0 Å². The van der Waals surface area contributed by atoms with E-state index in [1.54, 1.807) is 12.3 Å². The summed E-state index contributed by atoms with van der Waals surface area (Å²) in [6.45, 7) is 6.64. The second-order valence-electron chi connectivity index (χ2n) is 7.01. The van der Waals surface area contributed by atoms with Gasteiger partial charge in [-0.3, -0.25) is 9.98 Å². The van der Waals surface area contributed by atoms with Crippen LogP contribution in [0.1, 0.15) is 30.5 Å². The van der Waals surface area contributed by atoms with Crippen molar-refractivity contribution < 1.29 is 9.13 Å². The minimum atomic E-state index is -0.390. The van der Waals surface area contributed by atoms with E-state index >= 15 is 0 Å². The molecule has 0 saturated heterocycles. The van der Waals surface area contributed by atoms with Gasteiger partial charge in [-0.25, -0.2) is 4.39 Å². The number of hydrogen-bond donors (Lipinski definition) is 0. The number of halogens is 1. The Morgan fingerprint density at radius 3 is 2.76 bits per heavy atom. The van der Waals surface area contributed by atoms with Gasteiger partial charge in [0.05, 0.1) is 12.3 Å². The Morgan fingerprint density at radius 2 is 1.92 bits per heavy atom. The summed E-state index contributed by atoms with van der Waals surface area (Å²) < 4.78 is 20.1. The monoisotopic (exact) mass is 334 g/mol. The van der Waals surface area contributed by atoms with Gasteiger partial charge in [0.1, 0.15) is 22.7 Å². The van der Waals surface area contributed by atoms with Crippen molar-refractivity contribution >= 4 is 16.6 Å². The molecule has 0 aliphatic carbocycles. The van der Waals surface area contributed by atoms with Gasteiger partial charge in [-0.2, -0.15) is 0 Å². The average molecular weight is 334 g/mol. The molecule has 1 aliphatic heterocycles. The van der Waals surface area contributed by atoms with E-state index in [1.807, 2.05) is 51.1 Å². The molecule has 1 aromatic heterocycles. The third-order valence-electron chi connectivity index (χ3n) is 4.40. The summed E-state index contributed by atoms with van der Waals surface area (Å²) >= 11 is 0. The van der Waals surface area contributed by atoms with Crippen molar-refractivity contribution in [2.24, 2.45) is 4.99 Å². The van der Waals surface area contributed by atoms with E-state index in [0.717, 1.165) is 33.5 Å². The van der Waals surface area contributed by atoms with Crippen molar-refractivity contribution in [3.05, 3.63) is 71.2 Å². The number of benzene rings is 2. The van der Waals surface area contributed by atoms with Crippen molar-refractivity contribution in [2.75, 3.05) is 6.54 Å². The maximum Gasteiger partial charge on any atom is 0.149 e. The molecule has 0 bridgehead atoms. The van der Waals surface area contributed by atoms with Gasteiger partial charge in [-0.1, -0.05) is 24.3 Å². The number of ether oxygens (including phenoxy) is 1. The highest BCUT2D eigenvalue weighted by Crippen LogP contribution is 2.33. The van der Waals surface area contributed by atoms with Crippen LogP contribution in [0.5, 0.6) is 5.75 Å². The molecule has 4 heteroatoms. The van der Waals surface area contributed by atoms with Gasteiger partial charge in [-0.15, -0.1) is 0 Å². The third-order valence-corrected chi connectivity index (χ3v) is 4.40. The Labute approximate surface area is 146 Å². The minimum Gasteiger partial charge on any atom is -0.485 e. The molecule has 4 rings (SSSR count). The summed E-state index contributed by atoms with van der Waals surface area (Å²) in [6.07, 6.45) is 1.69. The number of aromatic nitrogens is 1. The number of para-hydroxylation sites is 2. The Bertz CT molecular complexity index is 1010. The zero-order valence-electron chi connectivity index (χ0n) is 14.5. The number of pyridine rings is 1. The molecule has 0 unspecified atom stereocenters. The van der Waals surface area contributed by atoms with Gasteiger partial charge in [0, 0.05) is 22.7 Å². The molecule has 0 atom stereocenters. The van der Waals surface area contributed by atoms with E-state index in [0.29, 0.717) is 12.1 Å². The summed E-state index contributed by atoms with van der Waals surface area (Å²) in [6, 6.07) is 13.0. The first-order valence-electron chi connectivity index (χ1n) is 8.33. The summed E-state index contributed by atoms with van der Waals surface area (Å²) in [5.74, 6) is 0.538. The lowest BCUT2D eigenvalue weighted by Crippen LogP contribution is -2.31. The van der Waals surface area contributed by atoms with E-state index in [-0.39, 0.29) is 11.4 Å². The lowest BCUT2D eigenvalue weighted by molar-refractivity contribution is 0.120. The number of aryl methyl sites for hydroxylation is 1. The highest BCUT2D eigenvalue weighted by atomic mass is 19.1. The Hall–Kier alpha value is -2.75. The van der Waals surface area contributed by atoms with Gasteiger partial charge < -0.3 is 4.74 Å². The highest BCUT2D eigenvalue weighted by Gasteiger charge is 2.27. The molecule has 1 aliphatic rings. The van der Waals surface area contributed by atoms with Crippen LogP contribution < -0.4 is 4.74 Å². The number of nitrogens with zero attached hydrogens (tertiary/aromatic N) is 2. The fourth-order valence-corrected chi connectivity index (χ4v) is 3.14. The fourth-order valence-electron chi connectivity index (χ4n) is 3.14. The molecule has 0 radical (unpaired) electrons. The quantitative estimate of drug-likeness (QED) is 0.647. The summed E-state index contributed by atoms with van der Waals surface area (Å²) in [5.41, 5.74) is 3.71. The third kappa shape index (κ3) is 2.78. The van der Waals surface area contributed by atoms with Gasteiger partial charge in [0.25, 0.3) is 0 Å². The van der Waals surface area contributed by atoms with Gasteiger partial charge in [0.15, 0.2) is 0 Å². The van der Waals surface area contributed by atoms with Gasteiger partial charge in [0.2, 0.25) is 0 Å². The molecule has 2 heterocycles. The first-order chi connectivity index (χ1) is 11.9. The van der Waals surface area contributed by atoms with E-state index in [4.69, 9.17) is 9.73 Å². The topological polar surface area (TPSA) is 34.5 Å². The van der Waals surface area contributed by atoms with Crippen LogP contribution in [0.3, 0.4) is 0 Å². The van der Waals surface area contributed by atoms with E-state index < -0.39 is 0 Å². The number of rotatable bonds is 1. The molecule has 0 saturated carbocycles. The summed E-state index contributed by atoms with van der Waals surface area (Å²) in [5, 5.41) is 0.763. The molecule has 0 spiro atoms. The second kappa shape index (κ2) is 5.66. The van der Waals surface area contributed by atoms with Crippen LogP contribution in [0.25, 0.3) is 10.9 Å². The summed E-state index contributed by atoms with van der Waals surface area (Å²) in [7, 11) is 0. The number of aliphatic imine (C=N–C) groups is 1. The standard InChI is InChI=1S/C21H19FN2O/c1-13-6-4-8-16-18(24-12-21(2,3)25-20(13)16)15-10-14-7-5-9-17(22)19(14)23-11-15/h4-11H,12H2,1-3H3. The van der Waals surface area contributed by atoms with E-state index in [9.17, 15) is 4.39 Å². The number of fused-ring (bicyclic) bond motifs is 2.